The number of benzene rings is 1. The minimum atomic E-state index is -0.868. The second-order valence-corrected chi connectivity index (χ2v) is 4.94. The van der Waals surface area contributed by atoms with E-state index in [2.05, 4.69) is 5.32 Å². The SMILES string of the molecule is O=C(O)CC1(NC(=O)C=Cc2ccccc2)CCC1. The van der Waals surface area contributed by atoms with Gasteiger partial charge in [-0.15, -0.1) is 0 Å². The highest BCUT2D eigenvalue weighted by Crippen LogP contribution is 2.34. The number of carbonyl (C=O) groups is 2. The summed E-state index contributed by atoms with van der Waals surface area (Å²) in [6.45, 7) is 0. The minimum Gasteiger partial charge on any atom is -0.481 e. The molecule has 19 heavy (non-hydrogen) atoms. The number of hydrogen-bond donors (Lipinski definition) is 2. The molecule has 1 fully saturated rings. The number of nitrogens with one attached hydrogen (secondary N) is 1. The van der Waals surface area contributed by atoms with Crippen LogP contribution >= 0.6 is 0 Å². The molecule has 0 atom stereocenters. The van der Waals surface area contributed by atoms with E-state index in [0.29, 0.717) is 0 Å². The number of hydrogen-bond acceptors (Lipinski definition) is 2. The number of amides is 1. The first-order valence-corrected chi connectivity index (χ1v) is 6.37. The topological polar surface area (TPSA) is 66.4 Å². The summed E-state index contributed by atoms with van der Waals surface area (Å²) in [7, 11) is 0. The van der Waals surface area contributed by atoms with Gasteiger partial charge in [-0.05, 0) is 30.9 Å². The summed E-state index contributed by atoms with van der Waals surface area (Å²) in [4.78, 5) is 22.6. The molecule has 1 amide bonds. The van der Waals surface area contributed by atoms with Gasteiger partial charge in [-0.3, -0.25) is 9.59 Å². The second kappa shape index (κ2) is 5.69. The largest absolute Gasteiger partial charge is 0.481 e. The molecule has 2 N–H and O–H groups in total. The van der Waals surface area contributed by atoms with Crippen molar-refractivity contribution in [1.29, 1.82) is 0 Å². The van der Waals surface area contributed by atoms with E-state index in [1.165, 1.54) is 6.08 Å². The Bertz CT molecular complexity index is 489. The molecule has 1 aliphatic carbocycles. The fraction of sp³-hybridized carbons (Fsp3) is 0.333. The van der Waals surface area contributed by atoms with Crippen LogP contribution in [-0.2, 0) is 9.59 Å². The van der Waals surface area contributed by atoms with Gasteiger partial charge in [0.05, 0.1) is 12.0 Å². The maximum atomic E-state index is 11.8. The van der Waals surface area contributed by atoms with Gasteiger partial charge in [-0.2, -0.15) is 0 Å². The molecule has 100 valence electrons. The second-order valence-electron chi connectivity index (χ2n) is 4.94. The summed E-state index contributed by atoms with van der Waals surface area (Å²) in [6, 6.07) is 9.51. The van der Waals surface area contributed by atoms with E-state index in [1.54, 1.807) is 6.08 Å². The van der Waals surface area contributed by atoms with E-state index in [1.807, 2.05) is 30.3 Å². The van der Waals surface area contributed by atoms with Gasteiger partial charge < -0.3 is 10.4 Å². The fourth-order valence-corrected chi connectivity index (χ4v) is 2.28. The van der Waals surface area contributed by atoms with Crippen molar-refractivity contribution < 1.29 is 14.7 Å². The maximum Gasteiger partial charge on any atom is 0.305 e. The zero-order valence-corrected chi connectivity index (χ0v) is 10.6. The first kappa shape index (κ1) is 13.3. The highest BCUT2D eigenvalue weighted by Gasteiger charge is 2.39. The molecule has 4 nitrogen and oxygen atoms in total. The molecular weight excluding hydrogens is 242 g/mol. The van der Waals surface area contributed by atoms with E-state index in [0.717, 1.165) is 24.8 Å². The number of carboxylic acid groups (broad SMARTS) is 1. The highest BCUT2D eigenvalue weighted by atomic mass is 16.4. The van der Waals surface area contributed by atoms with E-state index in [9.17, 15) is 9.59 Å². The molecule has 0 aromatic heterocycles. The van der Waals surface area contributed by atoms with Crippen LogP contribution in [-0.4, -0.2) is 22.5 Å². The Morgan fingerprint density at radius 1 is 1.26 bits per heavy atom. The molecule has 1 aromatic rings. The lowest BCUT2D eigenvalue weighted by Crippen LogP contribution is -2.54. The van der Waals surface area contributed by atoms with Gasteiger partial charge in [0.2, 0.25) is 5.91 Å². The standard InChI is InChI=1S/C15H17NO3/c17-13(8-7-12-5-2-1-3-6-12)16-15(9-4-10-15)11-14(18)19/h1-3,5-8H,4,9-11H2,(H,16,17)(H,18,19). The lowest BCUT2D eigenvalue weighted by Gasteiger charge is -2.41. The molecule has 0 aliphatic heterocycles. The van der Waals surface area contributed by atoms with E-state index in [-0.39, 0.29) is 12.3 Å². The Kier molecular flexibility index (Phi) is 4.00. The molecule has 0 bridgehead atoms. The molecule has 0 spiro atoms. The van der Waals surface area contributed by atoms with Gasteiger partial charge in [-0.25, -0.2) is 0 Å². The maximum absolute atomic E-state index is 11.8. The highest BCUT2D eigenvalue weighted by molar-refractivity contribution is 5.92. The lowest BCUT2D eigenvalue weighted by atomic mass is 9.74. The van der Waals surface area contributed by atoms with Crippen molar-refractivity contribution in [3.8, 4) is 0 Å². The van der Waals surface area contributed by atoms with Crippen LogP contribution in [0.2, 0.25) is 0 Å². The zero-order valence-electron chi connectivity index (χ0n) is 10.6. The van der Waals surface area contributed by atoms with Crippen molar-refractivity contribution in [1.82, 2.24) is 5.32 Å². The summed E-state index contributed by atoms with van der Waals surface area (Å²) < 4.78 is 0. The summed E-state index contributed by atoms with van der Waals surface area (Å²) in [6.07, 6.45) is 5.63. The van der Waals surface area contributed by atoms with Gasteiger partial charge in [0, 0.05) is 6.08 Å². The fourth-order valence-electron chi connectivity index (χ4n) is 2.28. The Labute approximate surface area is 112 Å². The first-order valence-electron chi connectivity index (χ1n) is 6.37. The van der Waals surface area contributed by atoms with Gasteiger partial charge >= 0.3 is 5.97 Å². The van der Waals surface area contributed by atoms with Gasteiger partial charge in [0.15, 0.2) is 0 Å². The monoisotopic (exact) mass is 259 g/mol. The van der Waals surface area contributed by atoms with Crippen LogP contribution in [0.5, 0.6) is 0 Å². The van der Waals surface area contributed by atoms with E-state index < -0.39 is 11.5 Å². The van der Waals surface area contributed by atoms with Crippen LogP contribution in [0.1, 0.15) is 31.2 Å². The lowest BCUT2D eigenvalue weighted by molar-refractivity contribution is -0.140. The Balaban J connectivity index is 1.93. The van der Waals surface area contributed by atoms with Crippen LogP contribution < -0.4 is 5.32 Å². The third-order valence-electron chi connectivity index (χ3n) is 3.42. The number of carbonyl (C=O) groups excluding carboxylic acids is 1. The average Bonchev–Trinajstić information content (AvgIpc) is 2.34. The molecule has 1 saturated carbocycles. The van der Waals surface area contributed by atoms with Crippen molar-refractivity contribution in [3.05, 3.63) is 42.0 Å². The van der Waals surface area contributed by atoms with Crippen LogP contribution in [0, 0.1) is 0 Å². The van der Waals surface area contributed by atoms with Crippen molar-refractivity contribution in [2.75, 3.05) is 0 Å². The van der Waals surface area contributed by atoms with Crippen molar-refractivity contribution in [2.45, 2.75) is 31.2 Å². The smallest absolute Gasteiger partial charge is 0.305 e. The van der Waals surface area contributed by atoms with Gasteiger partial charge in [-0.1, -0.05) is 30.3 Å². The predicted octanol–water partition coefficient (Wildman–Crippen LogP) is 2.21. The van der Waals surface area contributed by atoms with Gasteiger partial charge in [0.25, 0.3) is 0 Å². The summed E-state index contributed by atoms with van der Waals surface area (Å²) in [5.41, 5.74) is 0.405. The molecule has 1 aliphatic rings. The van der Waals surface area contributed by atoms with E-state index in [4.69, 9.17) is 5.11 Å². The molecule has 2 rings (SSSR count). The number of aliphatic carboxylic acids is 1. The Morgan fingerprint density at radius 2 is 1.95 bits per heavy atom. The third kappa shape index (κ3) is 3.68. The van der Waals surface area contributed by atoms with Crippen molar-refractivity contribution in [3.63, 3.8) is 0 Å². The van der Waals surface area contributed by atoms with Crippen LogP contribution in [0.15, 0.2) is 36.4 Å². The van der Waals surface area contributed by atoms with Crippen LogP contribution in [0.3, 0.4) is 0 Å². The molecule has 0 saturated heterocycles. The Hall–Kier alpha value is -2.10. The molecular formula is C15H17NO3. The summed E-state index contributed by atoms with van der Waals surface area (Å²) >= 11 is 0. The average molecular weight is 259 g/mol. The molecule has 0 radical (unpaired) electrons. The third-order valence-corrected chi connectivity index (χ3v) is 3.42. The number of rotatable bonds is 5. The van der Waals surface area contributed by atoms with Crippen molar-refractivity contribution in [2.24, 2.45) is 0 Å². The number of carboxylic acids is 1. The predicted molar refractivity (Wildman–Crippen MR) is 72.5 cm³/mol. The Morgan fingerprint density at radius 3 is 2.47 bits per heavy atom. The molecule has 0 unspecified atom stereocenters. The molecule has 1 aromatic carbocycles. The van der Waals surface area contributed by atoms with Crippen LogP contribution in [0.4, 0.5) is 0 Å². The zero-order chi connectivity index (χ0) is 13.7. The summed E-state index contributed by atoms with van der Waals surface area (Å²) in [5.74, 6) is -1.10. The quantitative estimate of drug-likeness (QED) is 0.797. The van der Waals surface area contributed by atoms with Crippen LogP contribution in [0.25, 0.3) is 6.08 Å². The molecule has 0 heterocycles. The van der Waals surface area contributed by atoms with E-state index >= 15 is 0 Å². The normalized spacial score (nSPS) is 16.8. The first-order chi connectivity index (χ1) is 9.10. The summed E-state index contributed by atoms with van der Waals surface area (Å²) in [5, 5.41) is 11.7. The minimum absolute atomic E-state index is 0.00207. The van der Waals surface area contributed by atoms with Crippen molar-refractivity contribution >= 4 is 18.0 Å². The van der Waals surface area contributed by atoms with Gasteiger partial charge in [0.1, 0.15) is 0 Å². The molecule has 4 heteroatoms.